The van der Waals surface area contributed by atoms with Crippen molar-refractivity contribution in [3.63, 3.8) is 0 Å². The zero-order valence-electron chi connectivity index (χ0n) is 23.2. The van der Waals surface area contributed by atoms with Gasteiger partial charge in [0, 0.05) is 37.6 Å². The van der Waals surface area contributed by atoms with Crippen molar-refractivity contribution in [1.82, 2.24) is 29.1 Å². The van der Waals surface area contributed by atoms with E-state index in [2.05, 4.69) is 81.9 Å². The summed E-state index contributed by atoms with van der Waals surface area (Å²) in [5.74, 6) is 1.70. The number of nitrogens with zero attached hydrogens (tertiary/aromatic N) is 6. The number of para-hydroxylation sites is 4. The zero-order valence-corrected chi connectivity index (χ0v) is 23.2. The number of hydrogen-bond donors (Lipinski definition) is 0. The third-order valence-corrected chi connectivity index (χ3v) is 8.07. The van der Waals surface area contributed by atoms with Crippen molar-refractivity contribution in [2.45, 2.75) is 0 Å². The second kappa shape index (κ2) is 9.49. The third kappa shape index (κ3) is 3.88. The van der Waals surface area contributed by atoms with Gasteiger partial charge in [0.05, 0.1) is 22.1 Å². The molecule has 4 aromatic carbocycles. The molecule has 4 aromatic heterocycles. The molecule has 0 aliphatic heterocycles. The van der Waals surface area contributed by atoms with Crippen molar-refractivity contribution < 1.29 is 0 Å². The summed E-state index contributed by atoms with van der Waals surface area (Å²) in [4.78, 5) is 19.4. The van der Waals surface area contributed by atoms with Gasteiger partial charge in [0.2, 0.25) is 0 Å². The summed E-state index contributed by atoms with van der Waals surface area (Å²) in [5, 5.41) is 2.36. The highest BCUT2D eigenvalue weighted by Gasteiger charge is 2.15. The average Bonchev–Trinajstić information content (AvgIpc) is 3.57. The number of benzene rings is 4. The van der Waals surface area contributed by atoms with Gasteiger partial charge in [-0.25, -0.2) is 9.97 Å². The molecular formula is C36H26N6. The molecule has 200 valence electrons. The van der Waals surface area contributed by atoms with Crippen molar-refractivity contribution in [3.05, 3.63) is 122 Å². The first-order valence-electron chi connectivity index (χ1n) is 13.9. The number of imidazole rings is 2. The van der Waals surface area contributed by atoms with E-state index in [-0.39, 0.29) is 0 Å². The molecule has 0 spiro atoms. The molecule has 0 radical (unpaired) electrons. The first-order valence-corrected chi connectivity index (χ1v) is 13.9. The molecule has 0 atom stereocenters. The highest BCUT2D eigenvalue weighted by Crippen LogP contribution is 2.36. The minimum atomic E-state index is 0.841. The predicted octanol–water partition coefficient (Wildman–Crippen LogP) is 8.07. The van der Waals surface area contributed by atoms with Crippen LogP contribution in [0.5, 0.6) is 0 Å². The van der Waals surface area contributed by atoms with Crippen LogP contribution in [-0.4, -0.2) is 29.1 Å². The Bertz CT molecular complexity index is 2090. The molecule has 0 aliphatic carbocycles. The van der Waals surface area contributed by atoms with Gasteiger partial charge in [0.1, 0.15) is 11.4 Å². The topological polar surface area (TPSA) is 61.4 Å². The van der Waals surface area contributed by atoms with E-state index in [0.717, 1.165) is 67.4 Å². The number of pyridine rings is 2. The van der Waals surface area contributed by atoms with Gasteiger partial charge in [-0.05, 0) is 70.4 Å². The predicted molar refractivity (Wildman–Crippen MR) is 170 cm³/mol. The first kappa shape index (κ1) is 24.2. The normalized spacial score (nSPS) is 11.6. The lowest BCUT2D eigenvalue weighted by atomic mass is 9.92. The standard InChI is InChI=1S/C36H26N6/c1-41-33-13-7-5-11-29(33)39-35(41)31-17-15-25(21-37-31)27-19-23-9-3-4-10-24(23)20-28(27)26-16-18-32(38-22-26)36-40-30-12-6-8-14-34(30)42(36)2/h3-22H,1-2H3. The van der Waals surface area contributed by atoms with E-state index in [4.69, 9.17) is 19.9 Å². The Hall–Kier alpha value is -5.62. The van der Waals surface area contributed by atoms with Crippen LogP contribution in [0.3, 0.4) is 0 Å². The smallest absolute Gasteiger partial charge is 0.159 e. The Balaban J connectivity index is 1.22. The maximum Gasteiger partial charge on any atom is 0.159 e. The minimum absolute atomic E-state index is 0.841. The van der Waals surface area contributed by atoms with Gasteiger partial charge in [-0.3, -0.25) is 9.97 Å². The molecule has 6 nitrogen and oxygen atoms in total. The van der Waals surface area contributed by atoms with Gasteiger partial charge in [0.15, 0.2) is 11.6 Å². The van der Waals surface area contributed by atoms with Crippen molar-refractivity contribution in [2.75, 3.05) is 0 Å². The van der Waals surface area contributed by atoms with Crippen LogP contribution in [0.15, 0.2) is 122 Å². The Morgan fingerprint density at radius 2 is 0.905 bits per heavy atom. The molecule has 0 saturated carbocycles. The summed E-state index contributed by atoms with van der Waals surface area (Å²) < 4.78 is 4.19. The Morgan fingerprint density at radius 1 is 0.476 bits per heavy atom. The van der Waals surface area contributed by atoms with Crippen molar-refractivity contribution in [2.24, 2.45) is 14.1 Å². The number of fused-ring (bicyclic) bond motifs is 3. The van der Waals surface area contributed by atoms with E-state index in [1.54, 1.807) is 0 Å². The Kier molecular flexibility index (Phi) is 5.47. The SMILES string of the molecule is Cn1c(-c2ccc(-c3cc4ccccc4cc3-c3ccc(-c4nc5ccccc5n4C)nc3)cn2)nc2ccccc21. The molecule has 0 aliphatic rings. The van der Waals surface area contributed by atoms with E-state index >= 15 is 0 Å². The van der Waals surface area contributed by atoms with Crippen molar-refractivity contribution in [1.29, 1.82) is 0 Å². The molecule has 42 heavy (non-hydrogen) atoms. The third-order valence-electron chi connectivity index (χ3n) is 8.07. The summed E-state index contributed by atoms with van der Waals surface area (Å²) in [6.45, 7) is 0. The molecule has 8 aromatic rings. The molecule has 0 fully saturated rings. The molecule has 6 heteroatoms. The first-order chi connectivity index (χ1) is 20.6. The molecule has 0 unspecified atom stereocenters. The molecule has 0 saturated heterocycles. The highest BCUT2D eigenvalue weighted by molar-refractivity contribution is 5.96. The van der Waals surface area contributed by atoms with Crippen molar-refractivity contribution in [3.8, 4) is 45.3 Å². The van der Waals surface area contributed by atoms with E-state index < -0.39 is 0 Å². The second-order valence-electron chi connectivity index (χ2n) is 10.6. The number of rotatable bonds is 4. The van der Waals surface area contributed by atoms with Crippen LogP contribution in [0, 0.1) is 0 Å². The average molecular weight is 543 g/mol. The summed E-state index contributed by atoms with van der Waals surface area (Å²) in [7, 11) is 4.07. The molecular weight excluding hydrogens is 516 g/mol. The lowest BCUT2D eigenvalue weighted by Gasteiger charge is -2.13. The maximum absolute atomic E-state index is 4.87. The molecule has 0 amide bonds. The van der Waals surface area contributed by atoms with Crippen LogP contribution < -0.4 is 0 Å². The van der Waals surface area contributed by atoms with Crippen LogP contribution in [0.4, 0.5) is 0 Å². The lowest BCUT2D eigenvalue weighted by Crippen LogP contribution is -1.96. The summed E-state index contributed by atoms with van der Waals surface area (Å²) in [5.41, 5.74) is 10.1. The quantitative estimate of drug-likeness (QED) is 0.226. The van der Waals surface area contributed by atoms with Crippen LogP contribution in [0.2, 0.25) is 0 Å². The Morgan fingerprint density at radius 3 is 1.31 bits per heavy atom. The molecule has 8 rings (SSSR count). The Labute approximate surface area is 242 Å². The number of hydrogen-bond acceptors (Lipinski definition) is 4. The van der Waals surface area contributed by atoms with Crippen LogP contribution in [-0.2, 0) is 14.1 Å². The second-order valence-corrected chi connectivity index (χ2v) is 10.6. The summed E-state index contributed by atoms with van der Waals surface area (Å²) >= 11 is 0. The largest absolute Gasteiger partial charge is 0.326 e. The van der Waals surface area contributed by atoms with Gasteiger partial charge < -0.3 is 9.13 Å². The van der Waals surface area contributed by atoms with Gasteiger partial charge in [-0.15, -0.1) is 0 Å². The number of aryl methyl sites for hydroxylation is 2. The fourth-order valence-electron chi connectivity index (χ4n) is 5.84. The monoisotopic (exact) mass is 542 g/mol. The minimum Gasteiger partial charge on any atom is -0.326 e. The summed E-state index contributed by atoms with van der Waals surface area (Å²) in [6.07, 6.45) is 3.90. The fraction of sp³-hybridized carbons (Fsp3) is 0.0556. The van der Waals surface area contributed by atoms with Gasteiger partial charge in [-0.2, -0.15) is 0 Å². The van der Waals surface area contributed by atoms with Crippen LogP contribution in [0.1, 0.15) is 0 Å². The van der Waals surface area contributed by atoms with E-state index in [9.17, 15) is 0 Å². The lowest BCUT2D eigenvalue weighted by molar-refractivity contribution is 0.950. The van der Waals surface area contributed by atoms with Gasteiger partial charge >= 0.3 is 0 Å². The maximum atomic E-state index is 4.87. The van der Waals surface area contributed by atoms with Crippen LogP contribution in [0.25, 0.3) is 78.1 Å². The number of aromatic nitrogens is 6. The van der Waals surface area contributed by atoms with E-state index in [0.29, 0.717) is 0 Å². The highest BCUT2D eigenvalue weighted by atomic mass is 15.1. The van der Waals surface area contributed by atoms with Crippen molar-refractivity contribution >= 4 is 32.8 Å². The zero-order chi connectivity index (χ0) is 28.2. The van der Waals surface area contributed by atoms with Gasteiger partial charge in [0.25, 0.3) is 0 Å². The van der Waals surface area contributed by atoms with Crippen LogP contribution >= 0.6 is 0 Å². The van der Waals surface area contributed by atoms with E-state index in [1.807, 2.05) is 62.9 Å². The van der Waals surface area contributed by atoms with Gasteiger partial charge in [-0.1, -0.05) is 60.7 Å². The fourth-order valence-corrected chi connectivity index (χ4v) is 5.84. The molecule has 0 N–H and O–H groups in total. The summed E-state index contributed by atoms with van der Waals surface area (Å²) in [6, 6.07) is 37.6. The van der Waals surface area contributed by atoms with E-state index in [1.165, 1.54) is 10.8 Å². The molecule has 4 heterocycles. The molecule has 0 bridgehead atoms.